The Morgan fingerprint density at radius 3 is 2.71 bits per heavy atom. The van der Waals surface area contributed by atoms with E-state index in [0.29, 0.717) is 18.1 Å². The molecule has 0 amide bonds. The normalized spacial score (nSPS) is 11.8. The lowest BCUT2D eigenvalue weighted by molar-refractivity contribution is 0.0582. The molecule has 0 aliphatic heterocycles. The van der Waals surface area contributed by atoms with Crippen LogP contribution < -0.4 is 0 Å². The summed E-state index contributed by atoms with van der Waals surface area (Å²) in [6.45, 7) is 3.79. The summed E-state index contributed by atoms with van der Waals surface area (Å²) in [5.74, 6) is 0.622. The Labute approximate surface area is 122 Å². The van der Waals surface area contributed by atoms with Gasteiger partial charge in [0.05, 0.1) is 17.7 Å². The second-order valence-corrected chi connectivity index (χ2v) is 5.50. The zero-order chi connectivity index (χ0) is 14.9. The van der Waals surface area contributed by atoms with E-state index in [-0.39, 0.29) is 0 Å². The predicted octanol–water partition coefficient (Wildman–Crippen LogP) is 2.37. The average molecular weight is 284 g/mol. The van der Waals surface area contributed by atoms with Gasteiger partial charge in [-0.3, -0.25) is 0 Å². The molecule has 0 fully saturated rings. The average Bonchev–Trinajstić information content (AvgIpc) is 3.06. The van der Waals surface area contributed by atoms with Gasteiger partial charge in [-0.1, -0.05) is 35.5 Å². The lowest BCUT2D eigenvalue weighted by Gasteiger charge is -2.17. The molecule has 0 spiro atoms. The minimum Gasteiger partial charge on any atom is -0.389 e. The fourth-order valence-corrected chi connectivity index (χ4v) is 2.15. The maximum Gasteiger partial charge on any atom is 0.163 e. The molecule has 0 saturated carbocycles. The summed E-state index contributed by atoms with van der Waals surface area (Å²) in [5.41, 5.74) is 1.52. The van der Waals surface area contributed by atoms with Crippen LogP contribution in [0.3, 0.4) is 0 Å². The second kappa shape index (κ2) is 5.14. The first-order chi connectivity index (χ1) is 10.0. The van der Waals surface area contributed by atoms with E-state index in [9.17, 15) is 5.11 Å². The predicted molar refractivity (Wildman–Crippen MR) is 77.3 cm³/mol. The first kappa shape index (κ1) is 13.5. The zero-order valence-corrected chi connectivity index (χ0v) is 11.9. The number of aliphatic hydroxyl groups is 1. The molecule has 0 aliphatic rings. The molecule has 6 nitrogen and oxygen atoms in total. The summed E-state index contributed by atoms with van der Waals surface area (Å²) in [6.07, 6.45) is 3.01. The van der Waals surface area contributed by atoms with Crippen molar-refractivity contribution >= 4 is 0 Å². The van der Waals surface area contributed by atoms with Gasteiger partial charge in [0.25, 0.3) is 0 Å². The van der Waals surface area contributed by atoms with Crippen LogP contribution in [0.5, 0.6) is 0 Å². The smallest absolute Gasteiger partial charge is 0.163 e. The first-order valence-corrected chi connectivity index (χ1v) is 6.65. The Balaban J connectivity index is 2.04. The molecule has 21 heavy (non-hydrogen) atoms. The molecule has 0 radical (unpaired) electrons. The summed E-state index contributed by atoms with van der Waals surface area (Å²) < 4.78 is 6.77. The van der Waals surface area contributed by atoms with Gasteiger partial charge in [-0.15, -0.1) is 0 Å². The van der Waals surface area contributed by atoms with E-state index in [1.54, 1.807) is 24.8 Å². The van der Waals surface area contributed by atoms with Crippen molar-refractivity contribution in [3.63, 3.8) is 0 Å². The van der Waals surface area contributed by atoms with Gasteiger partial charge in [0.1, 0.15) is 18.3 Å². The van der Waals surface area contributed by atoms with Crippen LogP contribution in [0.2, 0.25) is 0 Å². The van der Waals surface area contributed by atoms with Crippen molar-refractivity contribution in [2.75, 3.05) is 0 Å². The van der Waals surface area contributed by atoms with Gasteiger partial charge in [-0.05, 0) is 13.8 Å². The molecule has 2 heterocycles. The minimum atomic E-state index is -0.882. The van der Waals surface area contributed by atoms with Crippen LogP contribution in [0.25, 0.3) is 22.6 Å². The maximum atomic E-state index is 9.97. The Morgan fingerprint density at radius 1 is 1.24 bits per heavy atom. The summed E-state index contributed by atoms with van der Waals surface area (Å²) in [4.78, 5) is 4.27. The molecule has 1 aromatic carbocycles. The highest BCUT2D eigenvalue weighted by Crippen LogP contribution is 2.29. The molecule has 108 valence electrons. The van der Waals surface area contributed by atoms with E-state index in [2.05, 4.69) is 15.2 Å². The Kier molecular flexibility index (Phi) is 3.31. The molecule has 1 N–H and O–H groups in total. The monoisotopic (exact) mass is 284 g/mol. The molecule has 0 aliphatic carbocycles. The number of benzene rings is 1. The van der Waals surface area contributed by atoms with Gasteiger partial charge in [0, 0.05) is 5.56 Å². The van der Waals surface area contributed by atoms with Gasteiger partial charge in [-0.25, -0.2) is 9.67 Å². The second-order valence-electron chi connectivity index (χ2n) is 5.50. The van der Waals surface area contributed by atoms with Crippen LogP contribution in [-0.4, -0.2) is 30.6 Å². The van der Waals surface area contributed by atoms with Crippen LogP contribution in [0.15, 0.2) is 47.4 Å². The van der Waals surface area contributed by atoms with Crippen molar-refractivity contribution in [2.45, 2.75) is 26.0 Å². The molecule has 0 atom stereocenters. The van der Waals surface area contributed by atoms with Gasteiger partial charge < -0.3 is 9.63 Å². The quantitative estimate of drug-likeness (QED) is 0.796. The summed E-state index contributed by atoms with van der Waals surface area (Å²) in [7, 11) is 0. The summed E-state index contributed by atoms with van der Waals surface area (Å²) >= 11 is 0. The Morgan fingerprint density at radius 2 is 2.00 bits per heavy atom. The van der Waals surface area contributed by atoms with Crippen molar-refractivity contribution in [2.24, 2.45) is 0 Å². The molecule has 3 rings (SSSR count). The molecule has 2 aromatic heterocycles. The standard InChI is InChI=1S/C15H16N4O2/c1-15(2,20)9-19-14(16-10-17-19)12-8-21-18-13(12)11-6-4-3-5-7-11/h3-8,10,20H,9H2,1-2H3. The molecular formula is C15H16N4O2. The number of nitrogens with zero attached hydrogens (tertiary/aromatic N) is 4. The van der Waals surface area contributed by atoms with Crippen LogP contribution in [-0.2, 0) is 6.54 Å². The fourth-order valence-electron chi connectivity index (χ4n) is 2.15. The first-order valence-electron chi connectivity index (χ1n) is 6.65. The molecular weight excluding hydrogens is 268 g/mol. The molecule has 3 aromatic rings. The zero-order valence-electron chi connectivity index (χ0n) is 11.9. The van der Waals surface area contributed by atoms with Crippen LogP contribution >= 0.6 is 0 Å². The van der Waals surface area contributed by atoms with Crippen molar-refractivity contribution in [1.82, 2.24) is 19.9 Å². The highest BCUT2D eigenvalue weighted by molar-refractivity contribution is 5.76. The van der Waals surface area contributed by atoms with Crippen LogP contribution in [0.1, 0.15) is 13.8 Å². The van der Waals surface area contributed by atoms with E-state index in [0.717, 1.165) is 11.1 Å². The summed E-state index contributed by atoms with van der Waals surface area (Å²) in [5, 5.41) is 18.2. The van der Waals surface area contributed by atoms with Gasteiger partial charge in [0.2, 0.25) is 0 Å². The third-order valence-corrected chi connectivity index (χ3v) is 3.01. The van der Waals surface area contributed by atoms with Gasteiger partial charge in [-0.2, -0.15) is 5.10 Å². The fraction of sp³-hybridized carbons (Fsp3) is 0.267. The number of rotatable bonds is 4. The number of hydrogen-bond acceptors (Lipinski definition) is 5. The Bertz CT molecular complexity index is 725. The Hall–Kier alpha value is -2.47. The van der Waals surface area contributed by atoms with Crippen molar-refractivity contribution in [3.8, 4) is 22.6 Å². The minimum absolute atomic E-state index is 0.335. The molecule has 0 saturated heterocycles. The van der Waals surface area contributed by atoms with E-state index in [1.807, 2.05) is 30.3 Å². The number of hydrogen-bond donors (Lipinski definition) is 1. The maximum absolute atomic E-state index is 9.97. The third-order valence-electron chi connectivity index (χ3n) is 3.01. The van der Waals surface area contributed by atoms with E-state index in [1.165, 1.54) is 6.33 Å². The molecule has 0 bridgehead atoms. The van der Waals surface area contributed by atoms with Gasteiger partial charge in [0.15, 0.2) is 5.82 Å². The third kappa shape index (κ3) is 2.85. The van der Waals surface area contributed by atoms with Crippen molar-refractivity contribution in [1.29, 1.82) is 0 Å². The highest BCUT2D eigenvalue weighted by Gasteiger charge is 2.21. The van der Waals surface area contributed by atoms with E-state index < -0.39 is 5.60 Å². The largest absolute Gasteiger partial charge is 0.389 e. The lowest BCUT2D eigenvalue weighted by atomic mass is 10.1. The van der Waals surface area contributed by atoms with E-state index >= 15 is 0 Å². The van der Waals surface area contributed by atoms with Gasteiger partial charge >= 0.3 is 0 Å². The SMILES string of the molecule is CC(C)(O)Cn1ncnc1-c1conc1-c1ccccc1. The summed E-state index contributed by atoms with van der Waals surface area (Å²) in [6, 6.07) is 9.74. The van der Waals surface area contributed by atoms with Crippen molar-refractivity contribution < 1.29 is 9.63 Å². The molecule has 6 heteroatoms. The number of aromatic nitrogens is 4. The van der Waals surface area contributed by atoms with Crippen LogP contribution in [0.4, 0.5) is 0 Å². The highest BCUT2D eigenvalue weighted by atomic mass is 16.5. The van der Waals surface area contributed by atoms with E-state index in [4.69, 9.17) is 4.52 Å². The van der Waals surface area contributed by atoms with Crippen LogP contribution in [0, 0.1) is 0 Å². The lowest BCUT2D eigenvalue weighted by Crippen LogP contribution is -2.27. The topological polar surface area (TPSA) is 77.0 Å². The van der Waals surface area contributed by atoms with Crippen molar-refractivity contribution in [3.05, 3.63) is 42.9 Å². The molecule has 0 unspecified atom stereocenters.